The first-order valence-corrected chi connectivity index (χ1v) is 5.63. The number of benzene rings is 1. The summed E-state index contributed by atoms with van der Waals surface area (Å²) in [6.45, 7) is 2.70. The zero-order valence-corrected chi connectivity index (χ0v) is 9.73. The SMILES string of the molecule is C[C@@H](NCc1cncc(F)c1)c1ccccc1. The van der Waals surface area contributed by atoms with Crippen molar-refractivity contribution in [3.05, 3.63) is 65.7 Å². The van der Waals surface area contributed by atoms with Gasteiger partial charge in [0.15, 0.2) is 0 Å². The lowest BCUT2D eigenvalue weighted by Crippen LogP contribution is -2.18. The Morgan fingerprint density at radius 2 is 2.00 bits per heavy atom. The minimum atomic E-state index is -0.295. The molecule has 0 radical (unpaired) electrons. The molecule has 0 saturated heterocycles. The van der Waals surface area contributed by atoms with Gasteiger partial charge in [-0.05, 0) is 24.1 Å². The topological polar surface area (TPSA) is 24.9 Å². The fraction of sp³-hybridized carbons (Fsp3) is 0.214. The Morgan fingerprint density at radius 1 is 1.24 bits per heavy atom. The van der Waals surface area contributed by atoms with Crippen LogP contribution in [0.5, 0.6) is 0 Å². The van der Waals surface area contributed by atoms with Crippen molar-refractivity contribution < 1.29 is 4.39 Å². The van der Waals surface area contributed by atoms with E-state index in [2.05, 4.69) is 29.4 Å². The monoisotopic (exact) mass is 230 g/mol. The lowest BCUT2D eigenvalue weighted by Gasteiger charge is -2.13. The highest BCUT2D eigenvalue weighted by Gasteiger charge is 2.04. The van der Waals surface area contributed by atoms with Gasteiger partial charge < -0.3 is 5.32 Å². The van der Waals surface area contributed by atoms with Crippen LogP contribution < -0.4 is 5.32 Å². The van der Waals surface area contributed by atoms with E-state index < -0.39 is 0 Å². The Kier molecular flexibility index (Phi) is 3.83. The molecule has 0 spiro atoms. The summed E-state index contributed by atoms with van der Waals surface area (Å²) >= 11 is 0. The van der Waals surface area contributed by atoms with Crippen LogP contribution in [0.1, 0.15) is 24.1 Å². The van der Waals surface area contributed by atoms with E-state index in [1.54, 1.807) is 6.20 Å². The van der Waals surface area contributed by atoms with E-state index in [0.717, 1.165) is 5.56 Å². The van der Waals surface area contributed by atoms with Gasteiger partial charge >= 0.3 is 0 Å². The minimum Gasteiger partial charge on any atom is -0.306 e. The summed E-state index contributed by atoms with van der Waals surface area (Å²) in [5, 5.41) is 3.34. The number of nitrogens with zero attached hydrogens (tertiary/aromatic N) is 1. The van der Waals surface area contributed by atoms with Gasteiger partial charge in [0, 0.05) is 18.8 Å². The van der Waals surface area contributed by atoms with Gasteiger partial charge in [0.1, 0.15) is 5.82 Å². The highest BCUT2D eigenvalue weighted by Crippen LogP contribution is 2.12. The van der Waals surface area contributed by atoms with Gasteiger partial charge in [-0.2, -0.15) is 0 Å². The molecule has 88 valence electrons. The Labute approximate surface area is 101 Å². The van der Waals surface area contributed by atoms with E-state index in [1.807, 2.05) is 18.2 Å². The van der Waals surface area contributed by atoms with Crippen LogP contribution in [0.15, 0.2) is 48.8 Å². The number of hydrogen-bond acceptors (Lipinski definition) is 2. The van der Waals surface area contributed by atoms with Crippen LogP contribution in [0.3, 0.4) is 0 Å². The number of hydrogen-bond donors (Lipinski definition) is 1. The molecule has 1 aromatic carbocycles. The summed E-state index contributed by atoms with van der Waals surface area (Å²) < 4.78 is 12.9. The van der Waals surface area contributed by atoms with Gasteiger partial charge in [-0.1, -0.05) is 30.3 Å². The lowest BCUT2D eigenvalue weighted by molar-refractivity contribution is 0.567. The van der Waals surface area contributed by atoms with Crippen molar-refractivity contribution >= 4 is 0 Å². The largest absolute Gasteiger partial charge is 0.306 e. The lowest BCUT2D eigenvalue weighted by atomic mass is 10.1. The Morgan fingerprint density at radius 3 is 2.71 bits per heavy atom. The first-order valence-electron chi connectivity index (χ1n) is 5.63. The van der Waals surface area contributed by atoms with E-state index in [4.69, 9.17) is 0 Å². The fourth-order valence-electron chi connectivity index (χ4n) is 1.68. The van der Waals surface area contributed by atoms with E-state index >= 15 is 0 Å². The van der Waals surface area contributed by atoms with Crippen LogP contribution in [-0.4, -0.2) is 4.98 Å². The maximum absolute atomic E-state index is 12.9. The Hall–Kier alpha value is -1.74. The fourth-order valence-corrected chi connectivity index (χ4v) is 1.68. The molecular weight excluding hydrogens is 215 g/mol. The van der Waals surface area contributed by atoms with Crippen molar-refractivity contribution in [1.82, 2.24) is 10.3 Å². The molecular formula is C14H15FN2. The van der Waals surface area contributed by atoms with Crippen LogP contribution in [-0.2, 0) is 6.54 Å². The van der Waals surface area contributed by atoms with Gasteiger partial charge in [-0.25, -0.2) is 4.39 Å². The average molecular weight is 230 g/mol. The summed E-state index contributed by atoms with van der Waals surface area (Å²) in [6, 6.07) is 11.9. The molecule has 0 unspecified atom stereocenters. The third-order valence-electron chi connectivity index (χ3n) is 2.67. The number of pyridine rings is 1. The summed E-state index contributed by atoms with van der Waals surface area (Å²) in [7, 11) is 0. The highest BCUT2D eigenvalue weighted by atomic mass is 19.1. The zero-order valence-electron chi connectivity index (χ0n) is 9.73. The normalized spacial score (nSPS) is 12.4. The van der Waals surface area contributed by atoms with Gasteiger partial charge in [-0.15, -0.1) is 0 Å². The molecule has 1 atom stereocenters. The van der Waals surface area contributed by atoms with E-state index in [1.165, 1.54) is 17.8 Å². The predicted octanol–water partition coefficient (Wildman–Crippen LogP) is 3.07. The zero-order chi connectivity index (χ0) is 12.1. The highest BCUT2D eigenvalue weighted by molar-refractivity contribution is 5.18. The molecule has 1 N–H and O–H groups in total. The molecule has 1 aromatic heterocycles. The van der Waals surface area contributed by atoms with Crippen molar-refractivity contribution in [2.75, 3.05) is 0 Å². The van der Waals surface area contributed by atoms with Gasteiger partial charge in [0.25, 0.3) is 0 Å². The van der Waals surface area contributed by atoms with Crippen LogP contribution in [0, 0.1) is 5.82 Å². The van der Waals surface area contributed by atoms with Crippen molar-refractivity contribution in [1.29, 1.82) is 0 Å². The second-order valence-electron chi connectivity index (χ2n) is 4.02. The summed E-state index contributed by atoms with van der Waals surface area (Å²) in [5.41, 5.74) is 2.07. The summed E-state index contributed by atoms with van der Waals surface area (Å²) in [4.78, 5) is 3.82. The molecule has 2 aromatic rings. The summed E-state index contributed by atoms with van der Waals surface area (Å²) in [5.74, 6) is -0.295. The smallest absolute Gasteiger partial charge is 0.141 e. The number of nitrogens with one attached hydrogen (secondary N) is 1. The van der Waals surface area contributed by atoms with Crippen molar-refractivity contribution in [2.24, 2.45) is 0 Å². The molecule has 0 aliphatic carbocycles. The molecule has 0 saturated carbocycles. The second kappa shape index (κ2) is 5.55. The molecule has 3 heteroatoms. The molecule has 0 aliphatic heterocycles. The second-order valence-corrected chi connectivity index (χ2v) is 4.02. The Bertz CT molecular complexity index is 471. The standard InChI is InChI=1S/C14H15FN2/c1-11(13-5-3-2-4-6-13)17-9-12-7-14(15)10-16-8-12/h2-8,10-11,17H,9H2,1H3/t11-/m1/s1. The van der Waals surface area contributed by atoms with Crippen LogP contribution in [0.4, 0.5) is 4.39 Å². The number of aromatic nitrogens is 1. The molecule has 1 heterocycles. The maximum atomic E-state index is 12.9. The van der Waals surface area contributed by atoms with E-state index in [-0.39, 0.29) is 11.9 Å². The third kappa shape index (κ3) is 3.36. The van der Waals surface area contributed by atoms with Crippen molar-refractivity contribution in [2.45, 2.75) is 19.5 Å². The molecule has 17 heavy (non-hydrogen) atoms. The van der Waals surface area contributed by atoms with Gasteiger partial charge in [-0.3, -0.25) is 4.98 Å². The quantitative estimate of drug-likeness (QED) is 0.873. The Balaban J connectivity index is 1.95. The number of halogens is 1. The van der Waals surface area contributed by atoms with Crippen LogP contribution >= 0.6 is 0 Å². The van der Waals surface area contributed by atoms with Gasteiger partial charge in [0.05, 0.1) is 6.20 Å². The molecule has 0 fully saturated rings. The average Bonchev–Trinajstić information content (AvgIpc) is 2.37. The van der Waals surface area contributed by atoms with Crippen LogP contribution in [0.25, 0.3) is 0 Å². The first kappa shape index (κ1) is 11.7. The molecule has 0 bridgehead atoms. The number of rotatable bonds is 4. The first-order chi connectivity index (χ1) is 8.25. The van der Waals surface area contributed by atoms with Gasteiger partial charge in [0.2, 0.25) is 0 Å². The van der Waals surface area contributed by atoms with E-state index in [9.17, 15) is 4.39 Å². The molecule has 2 nitrogen and oxygen atoms in total. The van der Waals surface area contributed by atoms with Crippen molar-refractivity contribution in [3.63, 3.8) is 0 Å². The molecule has 2 rings (SSSR count). The predicted molar refractivity (Wildman–Crippen MR) is 65.9 cm³/mol. The third-order valence-corrected chi connectivity index (χ3v) is 2.67. The van der Waals surface area contributed by atoms with Crippen LogP contribution in [0.2, 0.25) is 0 Å². The molecule has 0 aliphatic rings. The van der Waals surface area contributed by atoms with E-state index in [0.29, 0.717) is 6.54 Å². The summed E-state index contributed by atoms with van der Waals surface area (Å²) in [6.07, 6.45) is 2.89. The maximum Gasteiger partial charge on any atom is 0.141 e. The molecule has 0 amide bonds. The van der Waals surface area contributed by atoms with Crippen molar-refractivity contribution in [3.8, 4) is 0 Å². The minimum absolute atomic E-state index is 0.236.